The van der Waals surface area contributed by atoms with Gasteiger partial charge in [-0.1, -0.05) is 6.07 Å². The Labute approximate surface area is 111 Å². The highest BCUT2D eigenvalue weighted by Crippen LogP contribution is 2.47. The molecule has 3 nitrogen and oxygen atoms in total. The fraction of sp³-hybridized carbons (Fsp3) is 0.571. The summed E-state index contributed by atoms with van der Waals surface area (Å²) in [5.41, 5.74) is -0.176. The summed E-state index contributed by atoms with van der Waals surface area (Å²) in [6.45, 7) is 0.901. The summed E-state index contributed by atoms with van der Waals surface area (Å²) >= 11 is 0. The van der Waals surface area contributed by atoms with E-state index in [1.807, 2.05) is 0 Å². The van der Waals surface area contributed by atoms with Crippen LogP contribution in [0.5, 0.6) is 0 Å². The molecule has 0 bridgehead atoms. The van der Waals surface area contributed by atoms with Gasteiger partial charge >= 0.3 is 0 Å². The third-order valence-electron chi connectivity index (χ3n) is 3.77. The van der Waals surface area contributed by atoms with Gasteiger partial charge in [0.2, 0.25) is 0 Å². The van der Waals surface area contributed by atoms with Crippen LogP contribution in [0.3, 0.4) is 0 Å². The average Bonchev–Trinajstić information content (AvgIpc) is 3.09. The zero-order valence-electron chi connectivity index (χ0n) is 10.7. The SMILES string of the molecule is OCCC1(CNCC(O)c2c(F)cccc2F)CC1. The first-order valence-electron chi connectivity index (χ1n) is 6.51. The smallest absolute Gasteiger partial charge is 0.131 e. The van der Waals surface area contributed by atoms with Crippen LogP contribution in [0.15, 0.2) is 18.2 Å². The molecule has 0 aliphatic heterocycles. The van der Waals surface area contributed by atoms with Gasteiger partial charge in [0.05, 0.1) is 11.7 Å². The minimum atomic E-state index is -1.20. The van der Waals surface area contributed by atoms with Crippen molar-refractivity contribution in [2.45, 2.75) is 25.4 Å². The third kappa shape index (κ3) is 3.49. The number of aliphatic hydroxyl groups excluding tert-OH is 2. The third-order valence-corrected chi connectivity index (χ3v) is 3.77. The molecular weight excluding hydrogens is 252 g/mol. The number of nitrogens with one attached hydrogen (secondary N) is 1. The largest absolute Gasteiger partial charge is 0.396 e. The Morgan fingerprint density at radius 3 is 2.42 bits per heavy atom. The molecule has 0 saturated heterocycles. The molecule has 0 amide bonds. The zero-order chi connectivity index (χ0) is 13.9. The fourth-order valence-corrected chi connectivity index (χ4v) is 2.33. The molecule has 1 aliphatic rings. The number of rotatable bonds is 7. The van der Waals surface area contributed by atoms with Crippen LogP contribution in [0.25, 0.3) is 0 Å². The monoisotopic (exact) mass is 271 g/mol. The summed E-state index contributed by atoms with van der Waals surface area (Å²) in [6, 6.07) is 3.54. The van der Waals surface area contributed by atoms with Gasteiger partial charge in [-0.15, -0.1) is 0 Å². The van der Waals surface area contributed by atoms with Crippen molar-refractivity contribution in [3.8, 4) is 0 Å². The van der Waals surface area contributed by atoms with Crippen molar-refractivity contribution >= 4 is 0 Å². The van der Waals surface area contributed by atoms with Crippen molar-refractivity contribution in [1.82, 2.24) is 5.32 Å². The molecule has 1 aromatic carbocycles. The minimum Gasteiger partial charge on any atom is -0.396 e. The normalized spacial score (nSPS) is 18.3. The van der Waals surface area contributed by atoms with Gasteiger partial charge in [-0.3, -0.25) is 0 Å². The maximum Gasteiger partial charge on any atom is 0.131 e. The lowest BCUT2D eigenvalue weighted by Crippen LogP contribution is -2.29. The van der Waals surface area contributed by atoms with Gasteiger partial charge < -0.3 is 15.5 Å². The molecule has 1 fully saturated rings. The Hall–Kier alpha value is -1.04. The number of aliphatic hydroxyl groups is 2. The van der Waals surface area contributed by atoms with Crippen molar-refractivity contribution in [2.75, 3.05) is 19.7 Å². The summed E-state index contributed by atoms with van der Waals surface area (Å²) in [7, 11) is 0. The van der Waals surface area contributed by atoms with Crippen LogP contribution >= 0.6 is 0 Å². The maximum absolute atomic E-state index is 13.4. The summed E-state index contributed by atoms with van der Waals surface area (Å²) in [4.78, 5) is 0. The van der Waals surface area contributed by atoms with Gasteiger partial charge in [-0.25, -0.2) is 8.78 Å². The van der Waals surface area contributed by atoms with Crippen LogP contribution in [0, 0.1) is 17.0 Å². The van der Waals surface area contributed by atoms with Gasteiger partial charge in [-0.05, 0) is 36.8 Å². The number of halogens is 2. The Balaban J connectivity index is 1.86. The van der Waals surface area contributed by atoms with E-state index in [9.17, 15) is 13.9 Å². The van der Waals surface area contributed by atoms with Crippen LogP contribution in [-0.2, 0) is 0 Å². The second-order valence-electron chi connectivity index (χ2n) is 5.26. The molecule has 1 aromatic rings. The molecule has 1 unspecified atom stereocenters. The molecule has 3 N–H and O–H groups in total. The number of hydrogen-bond donors (Lipinski definition) is 3. The highest BCUT2D eigenvalue weighted by Gasteiger charge is 2.41. The summed E-state index contributed by atoms with van der Waals surface area (Å²) < 4.78 is 26.9. The van der Waals surface area contributed by atoms with Crippen molar-refractivity contribution in [3.05, 3.63) is 35.4 Å². The molecular formula is C14H19F2NO2. The molecule has 5 heteroatoms. The number of benzene rings is 1. The Morgan fingerprint density at radius 2 is 1.89 bits per heavy atom. The van der Waals surface area contributed by atoms with Crippen molar-refractivity contribution in [3.63, 3.8) is 0 Å². The number of hydrogen-bond acceptors (Lipinski definition) is 3. The summed E-state index contributed by atoms with van der Waals surface area (Å²) in [5.74, 6) is -1.46. The van der Waals surface area contributed by atoms with Crippen LogP contribution < -0.4 is 5.32 Å². The summed E-state index contributed by atoms with van der Waals surface area (Å²) in [5, 5.41) is 21.8. The highest BCUT2D eigenvalue weighted by molar-refractivity contribution is 5.22. The minimum absolute atomic E-state index is 0.102. The first-order valence-corrected chi connectivity index (χ1v) is 6.51. The summed E-state index contributed by atoms with van der Waals surface area (Å²) in [6.07, 6.45) is 1.62. The molecule has 1 aliphatic carbocycles. The average molecular weight is 271 g/mol. The van der Waals surface area contributed by atoms with Crippen molar-refractivity contribution < 1.29 is 19.0 Å². The molecule has 0 spiro atoms. The highest BCUT2D eigenvalue weighted by atomic mass is 19.1. The molecule has 0 heterocycles. The molecule has 0 radical (unpaired) electrons. The van der Waals surface area contributed by atoms with E-state index in [0.717, 1.165) is 31.4 Å². The first-order chi connectivity index (χ1) is 9.08. The molecule has 1 atom stereocenters. The van der Waals surface area contributed by atoms with Gasteiger partial charge in [0.1, 0.15) is 11.6 Å². The molecule has 0 aromatic heterocycles. The van der Waals surface area contributed by atoms with E-state index < -0.39 is 17.7 Å². The van der Waals surface area contributed by atoms with Crippen molar-refractivity contribution in [1.29, 1.82) is 0 Å². The molecule has 2 rings (SSSR count). The van der Waals surface area contributed by atoms with E-state index in [-0.39, 0.29) is 24.1 Å². The van der Waals surface area contributed by atoms with E-state index in [1.54, 1.807) is 0 Å². The first kappa shape index (κ1) is 14.4. The van der Waals surface area contributed by atoms with Gasteiger partial charge in [0.25, 0.3) is 0 Å². The lowest BCUT2D eigenvalue weighted by molar-refractivity contribution is 0.160. The Bertz CT molecular complexity index is 415. The molecule has 106 valence electrons. The van der Waals surface area contributed by atoms with Gasteiger partial charge in [0, 0.05) is 19.7 Å². The maximum atomic E-state index is 13.4. The van der Waals surface area contributed by atoms with E-state index in [1.165, 1.54) is 6.07 Å². The lowest BCUT2D eigenvalue weighted by atomic mass is 10.0. The predicted molar refractivity (Wildman–Crippen MR) is 67.6 cm³/mol. The molecule has 19 heavy (non-hydrogen) atoms. The van der Waals surface area contributed by atoms with E-state index in [4.69, 9.17) is 5.11 Å². The van der Waals surface area contributed by atoms with Gasteiger partial charge in [-0.2, -0.15) is 0 Å². The fourth-order valence-electron chi connectivity index (χ4n) is 2.33. The Morgan fingerprint density at radius 1 is 1.26 bits per heavy atom. The Kier molecular flexibility index (Phi) is 4.50. The van der Waals surface area contributed by atoms with Gasteiger partial charge in [0.15, 0.2) is 0 Å². The van der Waals surface area contributed by atoms with E-state index in [0.29, 0.717) is 6.54 Å². The van der Waals surface area contributed by atoms with E-state index in [2.05, 4.69) is 5.32 Å². The topological polar surface area (TPSA) is 52.5 Å². The standard InChI is InChI=1S/C14H19F2NO2/c15-10-2-1-3-11(16)13(10)12(19)8-17-9-14(4-5-14)6-7-18/h1-3,12,17-19H,4-9H2. The van der Waals surface area contributed by atoms with E-state index >= 15 is 0 Å². The molecule has 1 saturated carbocycles. The van der Waals surface area contributed by atoms with Crippen LogP contribution in [0.1, 0.15) is 30.9 Å². The predicted octanol–water partition coefficient (Wildman–Crippen LogP) is 1.75. The van der Waals surface area contributed by atoms with Crippen LogP contribution in [0.2, 0.25) is 0 Å². The second-order valence-corrected chi connectivity index (χ2v) is 5.26. The lowest BCUT2D eigenvalue weighted by Gasteiger charge is -2.18. The van der Waals surface area contributed by atoms with Crippen LogP contribution in [-0.4, -0.2) is 29.9 Å². The van der Waals surface area contributed by atoms with Crippen LogP contribution in [0.4, 0.5) is 8.78 Å². The zero-order valence-corrected chi connectivity index (χ0v) is 10.7. The quantitative estimate of drug-likeness (QED) is 0.708. The second kappa shape index (κ2) is 5.94. The van der Waals surface area contributed by atoms with Crippen molar-refractivity contribution in [2.24, 2.45) is 5.41 Å².